The van der Waals surface area contributed by atoms with Crippen molar-refractivity contribution in [1.29, 1.82) is 0 Å². The summed E-state index contributed by atoms with van der Waals surface area (Å²) in [4.78, 5) is 13.4. The molecule has 2 rings (SSSR count). The highest BCUT2D eigenvalue weighted by molar-refractivity contribution is 5.76. The van der Waals surface area contributed by atoms with Crippen LogP contribution in [-0.4, -0.2) is 140 Å². The van der Waals surface area contributed by atoms with E-state index in [2.05, 4.69) is 177 Å². The van der Waals surface area contributed by atoms with Gasteiger partial charge in [0.05, 0.1) is 32.0 Å². The minimum atomic E-state index is -1.80. The summed E-state index contributed by atoms with van der Waals surface area (Å²) in [7, 11) is 0. The first-order chi connectivity index (χ1) is 50.6. The van der Waals surface area contributed by atoms with Gasteiger partial charge in [-0.3, -0.25) is 4.79 Å². The number of unbranched alkanes of at least 4 members (excludes halogenated alkanes) is 27. The highest BCUT2D eigenvalue weighted by Crippen LogP contribution is 2.30. The number of hydrogen-bond donors (Lipinski definition) is 9. The maximum atomic E-state index is 13.4. The van der Waals surface area contributed by atoms with Crippen LogP contribution in [0.5, 0.6) is 0 Å². The molecule has 586 valence electrons. The Morgan fingerprint density at radius 1 is 0.359 bits per heavy atom. The van der Waals surface area contributed by atoms with Crippen LogP contribution in [0, 0.1) is 0 Å². The molecule has 12 unspecified atom stereocenters. The lowest BCUT2D eigenvalue weighted by molar-refractivity contribution is -0.359. The normalized spacial score (nSPS) is 22.5. The summed E-state index contributed by atoms with van der Waals surface area (Å²) >= 11 is 0. The molecular weight excluding hydrogens is 1290 g/mol. The molecule has 12 atom stereocenters. The van der Waals surface area contributed by atoms with E-state index in [-0.39, 0.29) is 18.9 Å². The molecule has 0 radical (unpaired) electrons. The van der Waals surface area contributed by atoms with E-state index in [1.54, 1.807) is 6.08 Å². The molecule has 0 aromatic carbocycles. The van der Waals surface area contributed by atoms with Crippen molar-refractivity contribution in [3.05, 3.63) is 170 Å². The van der Waals surface area contributed by atoms with E-state index in [1.807, 2.05) is 6.08 Å². The number of allylic oxidation sites excluding steroid dienone is 27. The Balaban J connectivity index is 1.67. The molecule has 0 aromatic rings. The molecule has 9 N–H and O–H groups in total. The number of nitrogens with one attached hydrogen (secondary N) is 1. The van der Waals surface area contributed by atoms with Crippen LogP contribution in [0.25, 0.3) is 0 Å². The molecule has 0 bridgehead atoms. The van der Waals surface area contributed by atoms with E-state index in [4.69, 9.17) is 18.9 Å². The standard InChI is InChI=1S/C89H147NO13/c1-3-5-7-9-11-13-15-17-19-21-23-25-27-29-31-33-35-36-37-38-39-40-41-42-43-45-47-49-51-53-55-57-59-61-63-65-67-69-71-73-81(94)90-77(76-100-88-86(99)84(97)87(80(75-92)102-88)103-89-85(98)83(96)82(95)79(74-91)101-89)78(93)72-70-68-66-64-62-60-58-56-54-52-50-48-46-44-34-32-30-28-26-24-22-20-18-16-14-12-10-8-6-4-2/h5,7,11,13,17,19,23,25,29,31,35-36,38-39,41-42,45,47,51,53-54,56-57,59,62,64,70,72,77-80,82-89,91-93,95-99H,3-4,6,8-10,12,14-16,18,20-22,24,26-28,30,32-34,37,40,43-44,46,48-50,52,55,58,60-61,63,65-69,71,73-76H2,1-2H3,(H,90,94)/b7-5-,13-11-,19-17-,25-23-,31-29-,36-35-,39-38-,42-41-,47-45-,53-51-,56-54+,59-57-,64-62+,72-70+. The van der Waals surface area contributed by atoms with Gasteiger partial charge in [0.2, 0.25) is 5.91 Å². The monoisotopic (exact) mass is 1440 g/mol. The van der Waals surface area contributed by atoms with Crippen LogP contribution in [0.3, 0.4) is 0 Å². The molecule has 0 spiro atoms. The van der Waals surface area contributed by atoms with Crippen molar-refractivity contribution in [2.75, 3.05) is 19.8 Å². The SMILES string of the molecule is CC/C=C\C/C=C\C/C=C\C/C=C\C/C=C\C/C=C\C/C=C\C/C=C\C/C=C\C/C=C\C/C=C\CCCCCCCC(=O)NC(COC1OC(CO)C(OC2OC(CO)C(O)C(O)C2O)C(O)C1O)C(O)/C=C/CC/C=C/CC/C=C/CCCCCCCCCCCCCCCCCCCCCC. The summed E-state index contributed by atoms with van der Waals surface area (Å²) in [5.74, 6) is -0.277. The zero-order valence-corrected chi connectivity index (χ0v) is 64.2. The van der Waals surface area contributed by atoms with E-state index >= 15 is 0 Å². The van der Waals surface area contributed by atoms with Gasteiger partial charge >= 0.3 is 0 Å². The summed E-state index contributed by atoms with van der Waals surface area (Å²) in [5, 5.41) is 87.6. The summed E-state index contributed by atoms with van der Waals surface area (Å²) in [5.41, 5.74) is 0. The first kappa shape index (κ1) is 94.4. The van der Waals surface area contributed by atoms with Crippen molar-refractivity contribution in [3.8, 4) is 0 Å². The molecule has 14 heteroatoms. The maximum Gasteiger partial charge on any atom is 0.220 e. The van der Waals surface area contributed by atoms with Crippen molar-refractivity contribution in [3.63, 3.8) is 0 Å². The number of carbonyl (C=O) groups is 1. The fourth-order valence-corrected chi connectivity index (χ4v) is 12.2. The van der Waals surface area contributed by atoms with E-state index in [1.165, 1.54) is 128 Å². The Morgan fingerprint density at radius 3 is 1.07 bits per heavy atom. The van der Waals surface area contributed by atoms with Crippen molar-refractivity contribution < 1.29 is 64.6 Å². The van der Waals surface area contributed by atoms with Crippen LogP contribution in [-0.2, 0) is 23.7 Å². The summed E-state index contributed by atoms with van der Waals surface area (Å²) in [6.07, 6.45) is 92.9. The van der Waals surface area contributed by atoms with Gasteiger partial charge in [0.15, 0.2) is 12.6 Å². The second-order valence-electron chi connectivity index (χ2n) is 27.8. The maximum absolute atomic E-state index is 13.4. The van der Waals surface area contributed by atoms with Crippen LogP contribution in [0.1, 0.15) is 290 Å². The highest BCUT2D eigenvalue weighted by Gasteiger charge is 2.51. The second kappa shape index (κ2) is 70.3. The van der Waals surface area contributed by atoms with Crippen molar-refractivity contribution in [2.24, 2.45) is 0 Å². The highest BCUT2D eigenvalue weighted by atomic mass is 16.7. The lowest BCUT2D eigenvalue weighted by atomic mass is 9.97. The molecule has 2 aliphatic rings. The Bertz CT molecular complexity index is 2400. The lowest BCUT2D eigenvalue weighted by Crippen LogP contribution is -2.65. The van der Waals surface area contributed by atoms with Gasteiger partial charge in [0.25, 0.3) is 0 Å². The molecule has 14 nitrogen and oxygen atoms in total. The van der Waals surface area contributed by atoms with E-state index in [0.29, 0.717) is 12.8 Å². The van der Waals surface area contributed by atoms with Gasteiger partial charge in [-0.15, -0.1) is 0 Å². The Hall–Kier alpha value is -4.65. The summed E-state index contributed by atoms with van der Waals surface area (Å²) in [6.45, 7) is 2.66. The predicted octanol–water partition coefficient (Wildman–Crippen LogP) is 19.1. The molecular formula is C89H147NO13. The van der Waals surface area contributed by atoms with E-state index in [9.17, 15) is 45.6 Å². The zero-order chi connectivity index (χ0) is 74.4. The lowest BCUT2D eigenvalue weighted by Gasteiger charge is -2.46. The average molecular weight is 1440 g/mol. The van der Waals surface area contributed by atoms with E-state index in [0.717, 1.165) is 128 Å². The summed E-state index contributed by atoms with van der Waals surface area (Å²) in [6, 6.07) is -0.964. The Kier molecular flexibility index (Phi) is 64.5. The number of aliphatic hydroxyl groups is 8. The number of aliphatic hydroxyl groups excluding tert-OH is 8. The topological polar surface area (TPSA) is 228 Å². The average Bonchev–Trinajstić information content (AvgIpc) is 0.791. The molecule has 2 aliphatic heterocycles. The van der Waals surface area contributed by atoms with Gasteiger partial charge in [-0.1, -0.05) is 325 Å². The fourth-order valence-electron chi connectivity index (χ4n) is 12.2. The van der Waals surface area contributed by atoms with Crippen LogP contribution < -0.4 is 5.32 Å². The smallest absolute Gasteiger partial charge is 0.220 e. The van der Waals surface area contributed by atoms with Gasteiger partial charge in [0.1, 0.15) is 48.8 Å². The third kappa shape index (κ3) is 52.9. The van der Waals surface area contributed by atoms with Gasteiger partial charge in [-0.25, -0.2) is 0 Å². The third-order valence-electron chi connectivity index (χ3n) is 18.6. The molecule has 103 heavy (non-hydrogen) atoms. The predicted molar refractivity (Wildman–Crippen MR) is 428 cm³/mol. The quantitative estimate of drug-likeness (QED) is 0.0204. The first-order valence-corrected chi connectivity index (χ1v) is 40.9. The third-order valence-corrected chi connectivity index (χ3v) is 18.6. The minimum absolute atomic E-state index is 0.236. The molecule has 2 saturated heterocycles. The molecule has 2 heterocycles. The largest absolute Gasteiger partial charge is 0.394 e. The number of ether oxygens (including phenoxy) is 4. The first-order valence-electron chi connectivity index (χ1n) is 40.9. The number of hydrogen-bond acceptors (Lipinski definition) is 13. The molecule has 2 fully saturated rings. The van der Waals surface area contributed by atoms with Crippen molar-refractivity contribution in [2.45, 2.75) is 364 Å². The van der Waals surface area contributed by atoms with Crippen LogP contribution >= 0.6 is 0 Å². The van der Waals surface area contributed by atoms with Gasteiger partial charge in [-0.2, -0.15) is 0 Å². The molecule has 0 saturated carbocycles. The van der Waals surface area contributed by atoms with Crippen molar-refractivity contribution >= 4 is 5.91 Å². The molecule has 0 aliphatic carbocycles. The molecule has 0 aromatic heterocycles. The molecule has 1 amide bonds. The van der Waals surface area contributed by atoms with Gasteiger partial charge in [0, 0.05) is 6.42 Å². The Labute approximate surface area is 626 Å². The number of amides is 1. The summed E-state index contributed by atoms with van der Waals surface area (Å²) < 4.78 is 22.9. The van der Waals surface area contributed by atoms with Gasteiger partial charge < -0.3 is 65.1 Å². The second-order valence-corrected chi connectivity index (χ2v) is 27.8. The number of rotatable bonds is 66. The zero-order valence-electron chi connectivity index (χ0n) is 64.2. The van der Waals surface area contributed by atoms with Crippen LogP contribution in [0.15, 0.2) is 170 Å². The van der Waals surface area contributed by atoms with Crippen LogP contribution in [0.4, 0.5) is 0 Å². The van der Waals surface area contributed by atoms with Crippen molar-refractivity contribution in [1.82, 2.24) is 5.32 Å². The van der Waals surface area contributed by atoms with Crippen LogP contribution in [0.2, 0.25) is 0 Å². The number of carbonyl (C=O) groups excluding carboxylic acids is 1. The van der Waals surface area contributed by atoms with Gasteiger partial charge in [-0.05, 0) is 128 Å². The Morgan fingerprint density at radius 2 is 0.680 bits per heavy atom. The van der Waals surface area contributed by atoms with E-state index < -0.39 is 86.8 Å². The fraction of sp³-hybridized carbons (Fsp3) is 0.674. The minimum Gasteiger partial charge on any atom is -0.394 e.